The first kappa shape index (κ1) is 13.0. The second-order valence-electron chi connectivity index (χ2n) is 2.58. The molecule has 0 saturated heterocycles. The molecule has 0 rings (SSSR count). The van der Waals surface area contributed by atoms with E-state index in [1.807, 2.05) is 6.92 Å². The molecule has 1 N–H and O–H groups in total. The summed E-state index contributed by atoms with van der Waals surface area (Å²) in [5.74, 6) is -0.889. The molecule has 0 saturated carbocycles. The van der Waals surface area contributed by atoms with E-state index in [1.54, 1.807) is 6.92 Å². The minimum atomic E-state index is -0.500. The Morgan fingerprint density at radius 2 is 2.21 bits per heavy atom. The molecule has 14 heavy (non-hydrogen) atoms. The van der Waals surface area contributed by atoms with E-state index in [-0.39, 0.29) is 11.8 Å². The van der Waals surface area contributed by atoms with Crippen LogP contribution in [0.5, 0.6) is 0 Å². The van der Waals surface area contributed by atoms with Crippen LogP contribution in [0.15, 0.2) is 12.2 Å². The van der Waals surface area contributed by atoms with Gasteiger partial charge in [0, 0.05) is 12.6 Å². The number of esters is 1. The predicted octanol–water partition coefficient (Wildman–Crippen LogP) is 0.849. The Labute approximate surface area is 88.3 Å². The number of ether oxygens (including phenoxy) is 1. The molecule has 1 amide bonds. The monoisotopic (exact) mass is 219 g/mol. The molecule has 0 spiro atoms. The van der Waals surface area contributed by atoms with E-state index in [0.717, 1.165) is 0 Å². The van der Waals surface area contributed by atoms with Crippen molar-refractivity contribution in [2.75, 3.05) is 12.4 Å². The Kier molecular flexibility index (Phi) is 6.84. The normalized spacial score (nSPS) is 12.5. The summed E-state index contributed by atoms with van der Waals surface area (Å²) < 4.78 is 4.79. The van der Waals surface area contributed by atoms with E-state index >= 15 is 0 Å². The molecule has 0 aliphatic rings. The third-order valence-electron chi connectivity index (χ3n) is 1.30. The largest absolute Gasteiger partial charge is 0.458 e. The molecule has 4 nitrogen and oxygen atoms in total. The number of halogens is 1. The minimum absolute atomic E-state index is 0.181. The summed E-state index contributed by atoms with van der Waals surface area (Å²) in [6, 6.07) is 0. The van der Waals surface area contributed by atoms with Gasteiger partial charge in [-0.3, -0.25) is 9.59 Å². The highest BCUT2D eigenvalue weighted by molar-refractivity contribution is 6.26. The maximum Gasteiger partial charge on any atom is 0.321 e. The Hall–Kier alpha value is -1.03. The molecule has 0 radical (unpaired) electrons. The third-order valence-corrected chi connectivity index (χ3v) is 1.51. The molecule has 0 heterocycles. The average molecular weight is 220 g/mol. The van der Waals surface area contributed by atoms with Gasteiger partial charge in [-0.05, 0) is 19.9 Å². The molecule has 80 valence electrons. The molecule has 0 fully saturated rings. The van der Waals surface area contributed by atoms with E-state index in [1.165, 1.54) is 12.2 Å². The first-order valence-electron chi connectivity index (χ1n) is 4.31. The quantitative estimate of drug-likeness (QED) is 0.424. The van der Waals surface area contributed by atoms with Crippen molar-refractivity contribution in [3.05, 3.63) is 12.2 Å². The Morgan fingerprint density at radius 3 is 2.71 bits per heavy atom. The van der Waals surface area contributed by atoms with Crippen LogP contribution in [-0.4, -0.2) is 30.4 Å². The molecule has 1 atom stereocenters. The zero-order chi connectivity index (χ0) is 11.0. The molecular weight excluding hydrogens is 206 g/mol. The van der Waals surface area contributed by atoms with Gasteiger partial charge in [0.05, 0.1) is 0 Å². The summed E-state index contributed by atoms with van der Waals surface area (Å²) >= 11 is 5.23. The van der Waals surface area contributed by atoms with Crippen molar-refractivity contribution in [1.82, 2.24) is 5.32 Å². The van der Waals surface area contributed by atoms with Crippen molar-refractivity contribution < 1.29 is 14.3 Å². The number of rotatable bonds is 5. The second kappa shape index (κ2) is 7.38. The van der Waals surface area contributed by atoms with Gasteiger partial charge in [0.1, 0.15) is 12.0 Å². The summed E-state index contributed by atoms with van der Waals surface area (Å²) in [5.41, 5.74) is 0. The van der Waals surface area contributed by atoms with Crippen LogP contribution in [0, 0.1) is 0 Å². The Morgan fingerprint density at radius 1 is 1.57 bits per heavy atom. The zero-order valence-electron chi connectivity index (χ0n) is 8.25. The van der Waals surface area contributed by atoms with Crippen molar-refractivity contribution in [2.24, 2.45) is 0 Å². The van der Waals surface area contributed by atoms with E-state index in [4.69, 9.17) is 16.3 Å². The number of hydrogen-bond acceptors (Lipinski definition) is 3. The lowest BCUT2D eigenvalue weighted by atomic mass is 10.3. The average Bonchev–Trinajstić information content (AvgIpc) is 2.15. The summed E-state index contributed by atoms with van der Waals surface area (Å²) in [5, 5.41) is 2.58. The van der Waals surface area contributed by atoms with Gasteiger partial charge in [-0.15, -0.1) is 11.6 Å². The van der Waals surface area contributed by atoms with Gasteiger partial charge in [0.25, 0.3) is 0 Å². The van der Waals surface area contributed by atoms with Gasteiger partial charge >= 0.3 is 5.97 Å². The topological polar surface area (TPSA) is 55.4 Å². The van der Waals surface area contributed by atoms with Crippen molar-refractivity contribution in [2.45, 2.75) is 20.0 Å². The summed E-state index contributed by atoms with van der Waals surface area (Å²) in [6.07, 6.45) is 2.38. The fourth-order valence-corrected chi connectivity index (χ4v) is 0.797. The van der Waals surface area contributed by atoms with Gasteiger partial charge in [0.2, 0.25) is 5.91 Å². The molecule has 0 bridgehead atoms. The summed E-state index contributed by atoms with van der Waals surface area (Å²) in [4.78, 5) is 21.6. The highest BCUT2D eigenvalue weighted by atomic mass is 35.5. The van der Waals surface area contributed by atoms with Crippen molar-refractivity contribution in [1.29, 1.82) is 0 Å². The van der Waals surface area contributed by atoms with Crippen LogP contribution in [0.3, 0.4) is 0 Å². The van der Waals surface area contributed by atoms with Crippen LogP contribution < -0.4 is 5.32 Å². The Balaban J connectivity index is 3.86. The van der Waals surface area contributed by atoms with Gasteiger partial charge in [-0.25, -0.2) is 0 Å². The van der Waals surface area contributed by atoms with Crippen LogP contribution in [0.25, 0.3) is 0 Å². The Bertz CT molecular complexity index is 228. The molecule has 0 aliphatic heterocycles. The minimum Gasteiger partial charge on any atom is -0.458 e. The van der Waals surface area contributed by atoms with Crippen molar-refractivity contribution in [3.8, 4) is 0 Å². The van der Waals surface area contributed by atoms with Crippen molar-refractivity contribution >= 4 is 23.5 Å². The first-order valence-corrected chi connectivity index (χ1v) is 4.85. The summed E-state index contributed by atoms with van der Waals surface area (Å²) in [6.45, 7) is 4.04. The van der Waals surface area contributed by atoms with Crippen LogP contribution in [0.2, 0.25) is 0 Å². The molecule has 0 aromatic carbocycles. The summed E-state index contributed by atoms with van der Waals surface area (Å²) in [7, 11) is 0. The van der Waals surface area contributed by atoms with Crippen LogP contribution in [-0.2, 0) is 14.3 Å². The number of carbonyl (C=O) groups is 2. The van der Waals surface area contributed by atoms with E-state index < -0.39 is 12.1 Å². The van der Waals surface area contributed by atoms with E-state index in [0.29, 0.717) is 6.54 Å². The molecule has 0 aromatic heterocycles. The van der Waals surface area contributed by atoms with Crippen molar-refractivity contribution in [3.63, 3.8) is 0 Å². The molecule has 0 aromatic rings. The number of carbonyl (C=O) groups excluding carboxylic acids is 2. The number of likely N-dealkylation sites (N-methyl/N-ethyl adjacent to an activating group) is 1. The smallest absolute Gasteiger partial charge is 0.321 e. The molecule has 1 unspecified atom stereocenters. The zero-order valence-corrected chi connectivity index (χ0v) is 9.00. The maximum atomic E-state index is 10.9. The number of alkyl halides is 1. The number of amides is 1. The van der Waals surface area contributed by atoms with Gasteiger partial charge in [-0.2, -0.15) is 0 Å². The maximum absolute atomic E-state index is 10.9. The number of hydrogen-bond donors (Lipinski definition) is 1. The first-order chi connectivity index (χ1) is 6.60. The third kappa shape index (κ3) is 6.48. The fraction of sp³-hybridized carbons (Fsp3) is 0.556. The lowest BCUT2D eigenvalue weighted by Crippen LogP contribution is -2.21. The van der Waals surface area contributed by atoms with Crippen LogP contribution >= 0.6 is 11.6 Å². The highest BCUT2D eigenvalue weighted by Gasteiger charge is 2.04. The lowest BCUT2D eigenvalue weighted by molar-refractivity contribution is -0.143. The predicted molar refractivity (Wildman–Crippen MR) is 54.1 cm³/mol. The highest BCUT2D eigenvalue weighted by Crippen LogP contribution is 1.95. The van der Waals surface area contributed by atoms with Gasteiger partial charge < -0.3 is 10.1 Å². The van der Waals surface area contributed by atoms with Crippen LogP contribution in [0.1, 0.15) is 13.8 Å². The van der Waals surface area contributed by atoms with Crippen LogP contribution in [0.4, 0.5) is 0 Å². The second-order valence-corrected chi connectivity index (χ2v) is 2.85. The molecule has 0 aliphatic carbocycles. The molecular formula is C9H14ClNO3. The lowest BCUT2D eigenvalue weighted by Gasteiger charge is -2.06. The molecule has 5 heteroatoms. The SMILES string of the molecule is CCNC(=O)/C=C/C(C)OC(=O)CCl. The van der Waals surface area contributed by atoms with E-state index in [2.05, 4.69) is 5.32 Å². The standard InChI is InChI=1S/C9H14ClNO3/c1-3-11-8(12)5-4-7(2)14-9(13)6-10/h4-5,7H,3,6H2,1-2H3,(H,11,12)/b5-4+. The fourth-order valence-electron chi connectivity index (χ4n) is 0.734. The van der Waals surface area contributed by atoms with Gasteiger partial charge in [-0.1, -0.05) is 0 Å². The van der Waals surface area contributed by atoms with E-state index in [9.17, 15) is 9.59 Å². The van der Waals surface area contributed by atoms with Gasteiger partial charge in [0.15, 0.2) is 0 Å². The number of nitrogens with one attached hydrogen (secondary N) is 1.